The summed E-state index contributed by atoms with van der Waals surface area (Å²) in [4.78, 5) is 31.4. The van der Waals surface area contributed by atoms with Gasteiger partial charge in [0.25, 0.3) is 11.7 Å². The van der Waals surface area contributed by atoms with E-state index in [1.165, 1.54) is 31.5 Å². The molecule has 0 saturated carbocycles. The maximum atomic E-state index is 13.0. The van der Waals surface area contributed by atoms with Crippen molar-refractivity contribution in [3.63, 3.8) is 0 Å². The number of ketones is 1. The van der Waals surface area contributed by atoms with Gasteiger partial charge in [0.05, 0.1) is 31.9 Å². The Morgan fingerprint density at radius 1 is 1.09 bits per heavy atom. The van der Waals surface area contributed by atoms with Crippen LogP contribution in [0, 0.1) is 0 Å². The van der Waals surface area contributed by atoms with Crippen LogP contribution in [0.2, 0.25) is 0 Å². The Hall–Kier alpha value is -3.39. The first-order valence-electron chi connectivity index (χ1n) is 10.4. The zero-order chi connectivity index (χ0) is 23.3. The van der Waals surface area contributed by atoms with Crippen LogP contribution in [0.3, 0.4) is 0 Å². The average Bonchev–Trinajstić information content (AvgIpc) is 3.06. The maximum absolute atomic E-state index is 13.0. The largest absolute Gasteiger partial charge is 0.507 e. The summed E-state index contributed by atoms with van der Waals surface area (Å²) in [6.07, 6.45) is 3.64. The summed E-state index contributed by atoms with van der Waals surface area (Å²) < 4.78 is 16.3. The lowest BCUT2D eigenvalue weighted by atomic mass is 9.95. The number of pyridine rings is 1. The first-order valence-corrected chi connectivity index (χ1v) is 10.4. The van der Waals surface area contributed by atoms with Gasteiger partial charge in [0.15, 0.2) is 11.5 Å². The van der Waals surface area contributed by atoms with Crippen molar-refractivity contribution in [2.75, 3.05) is 27.4 Å². The van der Waals surface area contributed by atoms with Crippen LogP contribution in [-0.4, -0.2) is 60.2 Å². The number of benzene rings is 1. The molecule has 1 amide bonds. The molecule has 0 spiro atoms. The van der Waals surface area contributed by atoms with E-state index >= 15 is 0 Å². The van der Waals surface area contributed by atoms with Crippen LogP contribution in [0.25, 0.3) is 5.76 Å². The van der Waals surface area contributed by atoms with Crippen molar-refractivity contribution in [1.29, 1.82) is 0 Å². The van der Waals surface area contributed by atoms with Crippen LogP contribution in [0.15, 0.2) is 48.3 Å². The Bertz CT molecular complexity index is 1000. The Kier molecular flexibility index (Phi) is 7.48. The van der Waals surface area contributed by atoms with Crippen molar-refractivity contribution >= 4 is 17.4 Å². The van der Waals surface area contributed by atoms with E-state index < -0.39 is 17.7 Å². The molecule has 170 valence electrons. The number of amides is 1. The Morgan fingerprint density at radius 2 is 1.78 bits per heavy atom. The summed E-state index contributed by atoms with van der Waals surface area (Å²) in [5.74, 6) is -0.657. The lowest BCUT2D eigenvalue weighted by Crippen LogP contribution is -2.31. The summed E-state index contributed by atoms with van der Waals surface area (Å²) in [7, 11) is 3.04. The minimum Gasteiger partial charge on any atom is -0.507 e. The van der Waals surface area contributed by atoms with E-state index in [4.69, 9.17) is 14.2 Å². The van der Waals surface area contributed by atoms with Crippen LogP contribution in [-0.2, 0) is 14.3 Å². The van der Waals surface area contributed by atoms with Gasteiger partial charge in [0.1, 0.15) is 5.76 Å². The number of nitrogens with zero attached hydrogens (tertiary/aromatic N) is 2. The zero-order valence-electron chi connectivity index (χ0n) is 18.7. The maximum Gasteiger partial charge on any atom is 0.295 e. The van der Waals surface area contributed by atoms with Gasteiger partial charge in [-0.05, 0) is 50.1 Å². The molecule has 2 aromatic rings. The highest BCUT2D eigenvalue weighted by Gasteiger charge is 2.46. The molecule has 1 unspecified atom stereocenters. The molecule has 1 aliphatic rings. The van der Waals surface area contributed by atoms with Gasteiger partial charge in [-0.15, -0.1) is 0 Å². The molecule has 0 aliphatic carbocycles. The smallest absolute Gasteiger partial charge is 0.295 e. The average molecular weight is 440 g/mol. The number of aromatic nitrogens is 1. The fourth-order valence-corrected chi connectivity index (χ4v) is 3.70. The summed E-state index contributed by atoms with van der Waals surface area (Å²) in [5.41, 5.74) is 1.06. The monoisotopic (exact) mass is 440 g/mol. The number of carbonyl (C=O) groups excluding carboxylic acids is 2. The summed E-state index contributed by atoms with van der Waals surface area (Å²) in [5, 5.41) is 11.0. The lowest BCUT2D eigenvalue weighted by molar-refractivity contribution is -0.140. The van der Waals surface area contributed by atoms with Gasteiger partial charge in [0.2, 0.25) is 0 Å². The normalized spacial score (nSPS) is 17.8. The van der Waals surface area contributed by atoms with E-state index in [-0.39, 0.29) is 17.4 Å². The minimum absolute atomic E-state index is 0.0261. The molecule has 1 atom stereocenters. The van der Waals surface area contributed by atoms with Crippen molar-refractivity contribution in [1.82, 2.24) is 9.88 Å². The number of aliphatic hydroxyl groups is 1. The first kappa shape index (κ1) is 23.3. The molecule has 0 radical (unpaired) electrons. The molecule has 1 aliphatic heterocycles. The van der Waals surface area contributed by atoms with Crippen molar-refractivity contribution in [2.24, 2.45) is 0 Å². The molecule has 1 N–H and O–H groups in total. The number of hydrogen-bond donors (Lipinski definition) is 1. The van der Waals surface area contributed by atoms with Crippen LogP contribution in [0.4, 0.5) is 0 Å². The highest BCUT2D eigenvalue weighted by molar-refractivity contribution is 6.46. The second-order valence-electron chi connectivity index (χ2n) is 7.62. The van der Waals surface area contributed by atoms with Gasteiger partial charge in [0, 0.05) is 31.1 Å². The fraction of sp³-hybridized carbons (Fsp3) is 0.375. The first-order chi connectivity index (χ1) is 15.4. The highest BCUT2D eigenvalue weighted by Crippen LogP contribution is 2.41. The lowest BCUT2D eigenvalue weighted by Gasteiger charge is -2.26. The standard InChI is InChI=1S/C24H28N2O6/c1-15(2)32-13-5-12-26-21(17-6-7-18(30-3)19(14-17)31-4)20(23(28)24(26)29)22(27)16-8-10-25-11-9-16/h6-11,14-15,21,27H,5,12-13H2,1-4H3/b22-20-. The number of ether oxygens (including phenoxy) is 3. The van der Waals surface area contributed by atoms with Gasteiger partial charge < -0.3 is 24.2 Å². The molecular formula is C24H28N2O6. The third kappa shape index (κ3) is 4.75. The number of likely N-dealkylation sites (tertiary alicyclic amines) is 1. The molecular weight excluding hydrogens is 412 g/mol. The third-order valence-corrected chi connectivity index (χ3v) is 5.21. The Balaban J connectivity index is 2.07. The fourth-order valence-electron chi connectivity index (χ4n) is 3.70. The molecule has 2 heterocycles. The van der Waals surface area contributed by atoms with Crippen molar-refractivity contribution in [2.45, 2.75) is 32.4 Å². The van der Waals surface area contributed by atoms with Crippen molar-refractivity contribution < 1.29 is 28.9 Å². The number of rotatable bonds is 9. The molecule has 1 fully saturated rings. The van der Waals surface area contributed by atoms with Crippen molar-refractivity contribution in [3.05, 3.63) is 59.4 Å². The number of methoxy groups -OCH3 is 2. The quantitative estimate of drug-likeness (QED) is 0.276. The number of hydrogen-bond acceptors (Lipinski definition) is 7. The molecule has 8 heteroatoms. The van der Waals surface area contributed by atoms with Crippen molar-refractivity contribution in [3.8, 4) is 11.5 Å². The van der Waals surface area contributed by atoms with Crippen LogP contribution in [0.5, 0.6) is 11.5 Å². The predicted molar refractivity (Wildman–Crippen MR) is 118 cm³/mol. The molecule has 3 rings (SSSR count). The van der Waals surface area contributed by atoms with Gasteiger partial charge in [-0.3, -0.25) is 14.6 Å². The van der Waals surface area contributed by atoms with E-state index in [1.807, 2.05) is 13.8 Å². The summed E-state index contributed by atoms with van der Waals surface area (Å²) in [6.45, 7) is 4.61. The minimum atomic E-state index is -0.776. The summed E-state index contributed by atoms with van der Waals surface area (Å²) in [6, 6.07) is 7.59. The van der Waals surface area contributed by atoms with Gasteiger partial charge >= 0.3 is 0 Å². The third-order valence-electron chi connectivity index (χ3n) is 5.21. The highest BCUT2D eigenvalue weighted by atomic mass is 16.5. The van der Waals surface area contributed by atoms with Crippen LogP contribution in [0.1, 0.15) is 37.4 Å². The Labute approximate surface area is 187 Å². The van der Waals surface area contributed by atoms with E-state index in [2.05, 4.69) is 4.98 Å². The van der Waals surface area contributed by atoms with E-state index in [0.717, 1.165) is 0 Å². The SMILES string of the molecule is COc1ccc(C2/C(=C(/O)c3ccncc3)C(=O)C(=O)N2CCCOC(C)C)cc1OC. The molecule has 1 aromatic heterocycles. The number of carbonyl (C=O) groups is 2. The second-order valence-corrected chi connectivity index (χ2v) is 7.62. The van der Waals surface area contributed by atoms with Crippen LogP contribution >= 0.6 is 0 Å². The Morgan fingerprint density at radius 3 is 2.41 bits per heavy atom. The van der Waals surface area contributed by atoms with Gasteiger partial charge in [-0.2, -0.15) is 0 Å². The van der Waals surface area contributed by atoms with Gasteiger partial charge in [-0.1, -0.05) is 6.07 Å². The molecule has 32 heavy (non-hydrogen) atoms. The molecule has 0 bridgehead atoms. The van der Waals surface area contributed by atoms with E-state index in [0.29, 0.717) is 42.2 Å². The zero-order valence-corrected chi connectivity index (χ0v) is 18.7. The van der Waals surface area contributed by atoms with E-state index in [9.17, 15) is 14.7 Å². The second kappa shape index (κ2) is 10.3. The molecule has 1 aromatic carbocycles. The predicted octanol–water partition coefficient (Wildman–Crippen LogP) is 3.34. The molecule has 8 nitrogen and oxygen atoms in total. The van der Waals surface area contributed by atoms with E-state index in [1.54, 1.807) is 30.3 Å². The number of aliphatic hydroxyl groups excluding tert-OH is 1. The van der Waals surface area contributed by atoms with Gasteiger partial charge in [-0.25, -0.2) is 0 Å². The summed E-state index contributed by atoms with van der Waals surface area (Å²) >= 11 is 0. The topological polar surface area (TPSA) is 98.2 Å². The molecule has 1 saturated heterocycles. The van der Waals surface area contributed by atoms with Crippen LogP contribution < -0.4 is 9.47 Å². The number of Topliss-reactive ketones (excluding diaryl/α,β-unsaturated/α-hetero) is 1.